The van der Waals surface area contributed by atoms with E-state index in [0.717, 1.165) is 70.6 Å². The molecule has 0 aromatic heterocycles. The molecule has 0 saturated heterocycles. The number of aliphatic hydroxyl groups is 2. The van der Waals surface area contributed by atoms with Crippen molar-refractivity contribution in [1.82, 2.24) is 5.32 Å². The fourth-order valence-corrected chi connectivity index (χ4v) is 8.95. The zero-order valence-corrected chi connectivity index (χ0v) is 43.2. The van der Waals surface area contributed by atoms with Crippen LogP contribution in [0.25, 0.3) is 0 Å². The predicted molar refractivity (Wildman–Crippen MR) is 278 cm³/mol. The first kappa shape index (κ1) is 62.3. The Bertz CT molecular complexity index is 1010. The Balaban J connectivity index is 4.57. The number of hydrogen-bond acceptors (Lipinski definition) is 5. The molecular weight excluding hydrogens is 791 g/mol. The van der Waals surface area contributed by atoms with E-state index in [4.69, 9.17) is 4.74 Å². The van der Waals surface area contributed by atoms with Gasteiger partial charge in [0.05, 0.1) is 25.2 Å². The third-order valence-corrected chi connectivity index (χ3v) is 13.3. The van der Waals surface area contributed by atoms with Crippen molar-refractivity contribution in [3.63, 3.8) is 0 Å². The molecule has 378 valence electrons. The average molecular weight is 903 g/mol. The van der Waals surface area contributed by atoms with Gasteiger partial charge in [0.1, 0.15) is 6.10 Å². The monoisotopic (exact) mass is 902 g/mol. The van der Waals surface area contributed by atoms with Crippen molar-refractivity contribution in [1.29, 1.82) is 0 Å². The van der Waals surface area contributed by atoms with Gasteiger partial charge in [0, 0.05) is 6.42 Å². The van der Waals surface area contributed by atoms with E-state index < -0.39 is 18.2 Å². The van der Waals surface area contributed by atoms with Gasteiger partial charge in [-0.25, -0.2) is 0 Å². The van der Waals surface area contributed by atoms with Gasteiger partial charge in [0.15, 0.2) is 0 Å². The molecular formula is C58H111NO5. The summed E-state index contributed by atoms with van der Waals surface area (Å²) < 4.78 is 5.95. The van der Waals surface area contributed by atoms with Crippen LogP contribution in [0.5, 0.6) is 0 Å². The van der Waals surface area contributed by atoms with E-state index in [1.165, 1.54) is 193 Å². The minimum atomic E-state index is -0.791. The molecule has 0 rings (SSSR count). The van der Waals surface area contributed by atoms with E-state index >= 15 is 0 Å². The lowest BCUT2D eigenvalue weighted by Crippen LogP contribution is -2.46. The largest absolute Gasteiger partial charge is 0.462 e. The van der Waals surface area contributed by atoms with Crippen LogP contribution in [0, 0.1) is 0 Å². The molecule has 3 unspecified atom stereocenters. The van der Waals surface area contributed by atoms with Crippen LogP contribution in [-0.4, -0.2) is 46.9 Å². The normalized spacial score (nSPS) is 13.3. The summed E-state index contributed by atoms with van der Waals surface area (Å²) in [4.78, 5) is 26.2. The molecule has 0 aliphatic rings. The molecule has 0 fully saturated rings. The Kier molecular flexibility index (Phi) is 51.0. The lowest BCUT2D eigenvalue weighted by molar-refractivity contribution is -0.151. The molecule has 0 saturated carbocycles. The van der Waals surface area contributed by atoms with Crippen molar-refractivity contribution in [2.24, 2.45) is 0 Å². The van der Waals surface area contributed by atoms with Crippen LogP contribution < -0.4 is 5.32 Å². The second-order valence-electron chi connectivity index (χ2n) is 19.7. The Labute approximate surface area is 399 Å². The lowest BCUT2D eigenvalue weighted by atomic mass is 10.0. The molecule has 3 N–H and O–H groups in total. The van der Waals surface area contributed by atoms with Crippen LogP contribution in [0.3, 0.4) is 0 Å². The Morgan fingerprint density at radius 2 is 0.781 bits per heavy atom. The standard InChI is InChI=1S/C58H111NO5/c1-4-7-10-13-16-19-22-25-27-29-31-33-36-39-42-45-48-51-58(63)64-54(49-46-43-40-37-34-32-30-28-26-23-20-17-14-11-8-5-2)52-57(62)59-55(53-60)56(61)50-47-44-41-38-35-24-21-18-15-12-9-6-3/h28,30,32,34,54-56,60-61H,4-27,29,31,33,35-53H2,1-3H3,(H,59,62)/b30-28+,34-32+. The van der Waals surface area contributed by atoms with Crippen LogP contribution in [0.1, 0.15) is 310 Å². The Hall–Kier alpha value is -1.66. The number of nitrogens with one attached hydrogen (secondary N) is 1. The predicted octanol–water partition coefficient (Wildman–Crippen LogP) is 17.5. The average Bonchev–Trinajstić information content (AvgIpc) is 3.29. The minimum Gasteiger partial charge on any atom is -0.462 e. The number of allylic oxidation sites excluding steroid dienone is 4. The van der Waals surface area contributed by atoms with Gasteiger partial charge in [0.25, 0.3) is 0 Å². The summed E-state index contributed by atoms with van der Waals surface area (Å²) in [7, 11) is 0. The topological polar surface area (TPSA) is 95.9 Å². The summed E-state index contributed by atoms with van der Waals surface area (Å²) in [6, 6.07) is -0.706. The first-order chi connectivity index (χ1) is 31.5. The highest BCUT2D eigenvalue weighted by Crippen LogP contribution is 2.18. The molecule has 6 heteroatoms. The first-order valence-corrected chi connectivity index (χ1v) is 28.6. The number of esters is 1. The highest BCUT2D eigenvalue weighted by atomic mass is 16.5. The maximum Gasteiger partial charge on any atom is 0.306 e. The van der Waals surface area contributed by atoms with Crippen LogP contribution in [0.15, 0.2) is 24.3 Å². The van der Waals surface area contributed by atoms with Gasteiger partial charge in [-0.15, -0.1) is 0 Å². The summed E-state index contributed by atoms with van der Waals surface area (Å²) >= 11 is 0. The van der Waals surface area contributed by atoms with Gasteiger partial charge in [0.2, 0.25) is 5.91 Å². The lowest BCUT2D eigenvalue weighted by Gasteiger charge is -2.24. The zero-order valence-electron chi connectivity index (χ0n) is 43.2. The number of carbonyl (C=O) groups is 2. The molecule has 0 aliphatic heterocycles. The molecule has 0 aromatic rings. The number of aliphatic hydroxyl groups excluding tert-OH is 2. The Morgan fingerprint density at radius 3 is 1.17 bits per heavy atom. The number of ether oxygens (including phenoxy) is 1. The molecule has 0 heterocycles. The van der Waals surface area contributed by atoms with Crippen LogP contribution in [0.4, 0.5) is 0 Å². The maximum absolute atomic E-state index is 13.2. The highest BCUT2D eigenvalue weighted by molar-refractivity contribution is 5.77. The van der Waals surface area contributed by atoms with E-state index in [2.05, 4.69) is 50.4 Å². The summed E-state index contributed by atoms with van der Waals surface area (Å²) in [6.45, 7) is 6.50. The maximum atomic E-state index is 13.2. The van der Waals surface area contributed by atoms with Crippen LogP contribution in [0.2, 0.25) is 0 Å². The van der Waals surface area contributed by atoms with Crippen molar-refractivity contribution < 1.29 is 24.5 Å². The quantitative estimate of drug-likeness (QED) is 0.0321. The first-order valence-electron chi connectivity index (χ1n) is 28.6. The fraction of sp³-hybridized carbons (Fsp3) is 0.897. The van der Waals surface area contributed by atoms with Crippen molar-refractivity contribution >= 4 is 11.9 Å². The van der Waals surface area contributed by atoms with Gasteiger partial charge in [-0.05, 0) is 51.4 Å². The third kappa shape index (κ3) is 46.9. The fourth-order valence-electron chi connectivity index (χ4n) is 8.95. The second-order valence-corrected chi connectivity index (χ2v) is 19.7. The SMILES string of the molecule is CCCCCCCCC/C=C/C=C/CCCCCC(CC(=O)NC(CO)C(O)CCCCCCCCCCCCCC)OC(=O)CCCCCCCCCCCCCCCCCCC. The number of rotatable bonds is 52. The summed E-state index contributed by atoms with van der Waals surface area (Å²) in [5.41, 5.74) is 0. The third-order valence-electron chi connectivity index (χ3n) is 13.3. The minimum absolute atomic E-state index is 0.0655. The van der Waals surface area contributed by atoms with Crippen molar-refractivity contribution in [3.05, 3.63) is 24.3 Å². The molecule has 0 bridgehead atoms. The van der Waals surface area contributed by atoms with E-state index in [-0.39, 0.29) is 24.9 Å². The van der Waals surface area contributed by atoms with Gasteiger partial charge < -0.3 is 20.3 Å². The van der Waals surface area contributed by atoms with Crippen LogP contribution >= 0.6 is 0 Å². The van der Waals surface area contributed by atoms with E-state index in [1.807, 2.05) is 0 Å². The molecule has 0 radical (unpaired) electrons. The number of hydrogen-bond donors (Lipinski definition) is 3. The van der Waals surface area contributed by atoms with E-state index in [9.17, 15) is 19.8 Å². The molecule has 6 nitrogen and oxygen atoms in total. The molecule has 0 spiro atoms. The van der Waals surface area contributed by atoms with Crippen molar-refractivity contribution in [2.45, 2.75) is 328 Å². The highest BCUT2D eigenvalue weighted by Gasteiger charge is 2.24. The Morgan fingerprint density at radius 1 is 0.453 bits per heavy atom. The van der Waals surface area contributed by atoms with Crippen LogP contribution in [-0.2, 0) is 14.3 Å². The molecule has 1 amide bonds. The van der Waals surface area contributed by atoms with Crippen molar-refractivity contribution in [3.8, 4) is 0 Å². The molecule has 3 atom stereocenters. The van der Waals surface area contributed by atoms with Gasteiger partial charge in [-0.1, -0.05) is 270 Å². The summed E-state index contributed by atoms with van der Waals surface area (Å²) in [5.74, 6) is -0.481. The molecule has 0 aliphatic carbocycles. The number of unbranched alkanes of at least 4 members (excludes halogenated alkanes) is 37. The summed E-state index contributed by atoms with van der Waals surface area (Å²) in [6.07, 6.45) is 61.0. The smallest absolute Gasteiger partial charge is 0.306 e. The van der Waals surface area contributed by atoms with E-state index in [1.54, 1.807) is 0 Å². The molecule has 0 aromatic carbocycles. The van der Waals surface area contributed by atoms with Crippen molar-refractivity contribution in [2.75, 3.05) is 6.61 Å². The van der Waals surface area contributed by atoms with Gasteiger partial charge in [-0.2, -0.15) is 0 Å². The molecule has 64 heavy (non-hydrogen) atoms. The zero-order chi connectivity index (χ0) is 46.7. The van der Waals surface area contributed by atoms with Gasteiger partial charge >= 0.3 is 5.97 Å². The number of amides is 1. The van der Waals surface area contributed by atoms with E-state index in [0.29, 0.717) is 19.3 Å². The summed E-state index contributed by atoms with van der Waals surface area (Å²) in [5, 5.41) is 23.8. The second kappa shape index (κ2) is 52.3. The van der Waals surface area contributed by atoms with Gasteiger partial charge in [-0.3, -0.25) is 9.59 Å². The number of carbonyl (C=O) groups excluding carboxylic acids is 2.